The van der Waals surface area contributed by atoms with E-state index in [1.165, 1.54) is 24.8 Å². The molecule has 0 spiro atoms. The van der Waals surface area contributed by atoms with Crippen molar-refractivity contribution in [1.29, 1.82) is 0 Å². The lowest BCUT2D eigenvalue weighted by molar-refractivity contribution is 0.411. The zero-order valence-corrected chi connectivity index (χ0v) is 22.6. The van der Waals surface area contributed by atoms with Gasteiger partial charge in [0.15, 0.2) is 5.82 Å². The summed E-state index contributed by atoms with van der Waals surface area (Å²) in [6.45, 7) is 1.45. The fourth-order valence-corrected chi connectivity index (χ4v) is 5.02. The van der Waals surface area contributed by atoms with Gasteiger partial charge < -0.3 is 15.0 Å². The van der Waals surface area contributed by atoms with Crippen LogP contribution in [0.25, 0.3) is 55.8 Å². The molecule has 0 bridgehead atoms. The Morgan fingerprint density at radius 3 is 2.57 bits per heavy atom. The molecule has 5 aromatic heterocycles. The summed E-state index contributed by atoms with van der Waals surface area (Å²) in [5, 5.41) is 11.9. The second-order valence-electron chi connectivity index (χ2n) is 9.91. The van der Waals surface area contributed by atoms with Gasteiger partial charge in [-0.25, -0.2) is 9.37 Å². The molecule has 0 atom stereocenters. The van der Waals surface area contributed by atoms with E-state index in [2.05, 4.69) is 53.6 Å². The van der Waals surface area contributed by atoms with Crippen LogP contribution < -0.4 is 10.1 Å². The van der Waals surface area contributed by atoms with E-state index in [0.29, 0.717) is 46.0 Å². The smallest absolute Gasteiger partial charge is 0.159 e. The molecule has 0 saturated carbocycles. The fraction of sp³-hybridized carbons (Fsp3) is 0.0938. The van der Waals surface area contributed by atoms with E-state index in [9.17, 15) is 4.39 Å². The third-order valence-electron chi connectivity index (χ3n) is 7.08. The van der Waals surface area contributed by atoms with Crippen molar-refractivity contribution in [3.8, 4) is 39.7 Å². The molecule has 0 unspecified atom stereocenters. The van der Waals surface area contributed by atoms with Crippen LogP contribution >= 0.6 is 0 Å². The Kier molecular flexibility index (Phi) is 6.57. The molecule has 3 N–H and O–H groups in total. The number of nitrogens with zero attached hydrogens (tertiary/aromatic N) is 5. The number of ether oxygens (including phenoxy) is 1. The second-order valence-corrected chi connectivity index (χ2v) is 9.91. The van der Waals surface area contributed by atoms with Gasteiger partial charge in [-0.2, -0.15) is 5.10 Å². The molecule has 0 aliphatic heterocycles. The number of imidazole rings is 1. The van der Waals surface area contributed by atoms with Gasteiger partial charge in [-0.05, 0) is 41.0 Å². The number of aromatic amines is 2. The maximum atomic E-state index is 14.3. The van der Waals surface area contributed by atoms with Crippen LogP contribution in [0.2, 0.25) is 0 Å². The number of benzene rings is 2. The van der Waals surface area contributed by atoms with Gasteiger partial charge in [-0.1, -0.05) is 30.3 Å². The molecule has 7 rings (SSSR count). The molecule has 2 aromatic carbocycles. The van der Waals surface area contributed by atoms with Crippen molar-refractivity contribution >= 4 is 21.9 Å². The van der Waals surface area contributed by atoms with Crippen molar-refractivity contribution in [3.05, 3.63) is 109 Å². The minimum absolute atomic E-state index is 0.402. The second kappa shape index (κ2) is 10.8. The summed E-state index contributed by atoms with van der Waals surface area (Å²) in [5.41, 5.74) is 8.03. The van der Waals surface area contributed by atoms with Crippen molar-refractivity contribution in [3.63, 3.8) is 0 Å². The van der Waals surface area contributed by atoms with E-state index < -0.39 is 5.82 Å². The predicted octanol–water partition coefficient (Wildman–Crippen LogP) is 6.06. The molecule has 42 heavy (non-hydrogen) atoms. The zero-order valence-electron chi connectivity index (χ0n) is 22.6. The first kappa shape index (κ1) is 25.5. The van der Waals surface area contributed by atoms with Crippen LogP contribution in [0.1, 0.15) is 11.1 Å². The van der Waals surface area contributed by atoms with Gasteiger partial charge in [0, 0.05) is 54.3 Å². The van der Waals surface area contributed by atoms with E-state index in [1.807, 2.05) is 30.5 Å². The zero-order chi connectivity index (χ0) is 28.5. The summed E-state index contributed by atoms with van der Waals surface area (Å²) >= 11 is 0. The van der Waals surface area contributed by atoms with Gasteiger partial charge in [0.25, 0.3) is 0 Å². The number of methoxy groups -OCH3 is 1. The molecule has 0 aliphatic carbocycles. The minimum Gasteiger partial charge on any atom is -0.497 e. The quantitative estimate of drug-likeness (QED) is 0.208. The maximum absolute atomic E-state index is 14.3. The highest BCUT2D eigenvalue weighted by atomic mass is 19.1. The molecule has 0 saturated heterocycles. The Morgan fingerprint density at radius 1 is 0.833 bits per heavy atom. The van der Waals surface area contributed by atoms with Gasteiger partial charge in [-0.3, -0.25) is 20.1 Å². The number of nitrogens with one attached hydrogen (secondary N) is 3. The highest BCUT2D eigenvalue weighted by Gasteiger charge is 2.17. The first-order valence-electron chi connectivity index (χ1n) is 13.4. The summed E-state index contributed by atoms with van der Waals surface area (Å²) < 4.78 is 19.5. The molecule has 7 aromatic rings. The van der Waals surface area contributed by atoms with Gasteiger partial charge >= 0.3 is 0 Å². The Balaban J connectivity index is 1.21. The summed E-state index contributed by atoms with van der Waals surface area (Å²) in [7, 11) is 1.51. The molecule has 0 fully saturated rings. The average molecular weight is 557 g/mol. The lowest BCUT2D eigenvalue weighted by atomic mass is 10.1. The fourth-order valence-electron chi connectivity index (χ4n) is 5.02. The SMILES string of the molecule is COc1cc(F)cc(-c2cncc3[nH]c(-c4n[nH]c5cnc(-c6cncc(CNCc7ccccc7)c6)cc45)nc23)c1. The topological polar surface area (TPSA) is 117 Å². The number of pyridine rings is 3. The van der Waals surface area contributed by atoms with Crippen molar-refractivity contribution in [2.24, 2.45) is 0 Å². The van der Waals surface area contributed by atoms with Gasteiger partial charge in [-0.15, -0.1) is 0 Å². The third kappa shape index (κ3) is 4.95. The number of aromatic nitrogens is 7. The monoisotopic (exact) mass is 556 g/mol. The molecule has 206 valence electrons. The number of fused-ring (bicyclic) bond motifs is 2. The lowest BCUT2D eigenvalue weighted by Gasteiger charge is -2.07. The lowest BCUT2D eigenvalue weighted by Crippen LogP contribution is -2.12. The molecular formula is C32H25FN8O. The van der Waals surface area contributed by atoms with Crippen LogP contribution in [-0.4, -0.2) is 42.2 Å². The summed E-state index contributed by atoms with van der Waals surface area (Å²) in [5.74, 6) is 0.575. The molecule has 10 heteroatoms. The predicted molar refractivity (Wildman–Crippen MR) is 159 cm³/mol. The number of rotatable bonds is 8. The molecule has 0 amide bonds. The Bertz CT molecular complexity index is 2040. The molecular weight excluding hydrogens is 531 g/mol. The largest absolute Gasteiger partial charge is 0.497 e. The number of H-pyrrole nitrogens is 2. The summed E-state index contributed by atoms with van der Waals surface area (Å²) in [6.07, 6.45) is 8.78. The van der Waals surface area contributed by atoms with Gasteiger partial charge in [0.2, 0.25) is 0 Å². The molecule has 0 aliphatic rings. The summed E-state index contributed by atoms with van der Waals surface area (Å²) in [6, 6.07) is 18.9. The Hall–Kier alpha value is -5.48. The number of hydrogen-bond acceptors (Lipinski definition) is 7. The van der Waals surface area contributed by atoms with Gasteiger partial charge in [0.05, 0.1) is 41.7 Å². The van der Waals surface area contributed by atoms with Gasteiger partial charge in [0.1, 0.15) is 17.3 Å². The van der Waals surface area contributed by atoms with Crippen molar-refractivity contribution in [2.75, 3.05) is 7.11 Å². The van der Waals surface area contributed by atoms with E-state index >= 15 is 0 Å². The van der Waals surface area contributed by atoms with Crippen LogP contribution in [0.3, 0.4) is 0 Å². The van der Waals surface area contributed by atoms with E-state index in [1.54, 1.807) is 30.9 Å². The van der Waals surface area contributed by atoms with Crippen LogP contribution in [0.4, 0.5) is 4.39 Å². The van der Waals surface area contributed by atoms with Crippen LogP contribution in [-0.2, 0) is 13.1 Å². The Labute approximate surface area is 239 Å². The van der Waals surface area contributed by atoms with E-state index in [0.717, 1.165) is 34.3 Å². The number of hydrogen-bond donors (Lipinski definition) is 3. The van der Waals surface area contributed by atoms with Crippen molar-refractivity contribution in [1.82, 2.24) is 40.4 Å². The molecule has 0 radical (unpaired) electrons. The Morgan fingerprint density at radius 2 is 1.69 bits per heavy atom. The maximum Gasteiger partial charge on any atom is 0.159 e. The van der Waals surface area contributed by atoms with Crippen LogP contribution in [0, 0.1) is 5.82 Å². The molecule has 5 heterocycles. The average Bonchev–Trinajstić information content (AvgIpc) is 3.65. The minimum atomic E-state index is -0.402. The molecule has 9 nitrogen and oxygen atoms in total. The third-order valence-corrected chi connectivity index (χ3v) is 7.08. The van der Waals surface area contributed by atoms with E-state index in [4.69, 9.17) is 9.72 Å². The number of halogens is 1. The summed E-state index contributed by atoms with van der Waals surface area (Å²) in [4.78, 5) is 21.6. The van der Waals surface area contributed by atoms with Crippen LogP contribution in [0.15, 0.2) is 91.6 Å². The first-order valence-corrected chi connectivity index (χ1v) is 13.4. The normalized spacial score (nSPS) is 11.4. The van der Waals surface area contributed by atoms with Crippen LogP contribution in [0.5, 0.6) is 5.75 Å². The van der Waals surface area contributed by atoms with Crippen molar-refractivity contribution in [2.45, 2.75) is 13.1 Å². The standard InChI is InChI=1S/C32H25FN8O/c1-42-24-9-21(8-23(33)10-24)26-16-36-17-29-30(26)39-32(38-29)31-25-11-27(37-18-28(25)40-41-31)22-7-20(14-35-15-22)13-34-12-19-5-3-2-4-6-19/h2-11,14-18,34H,12-13H2,1H3,(H,38,39)(H,40,41). The highest BCUT2D eigenvalue weighted by Crippen LogP contribution is 2.33. The van der Waals surface area contributed by atoms with Crippen molar-refractivity contribution < 1.29 is 9.13 Å². The van der Waals surface area contributed by atoms with E-state index in [-0.39, 0.29) is 0 Å². The first-order chi connectivity index (χ1) is 20.6. The highest BCUT2D eigenvalue weighted by molar-refractivity contribution is 5.97.